The highest BCUT2D eigenvalue weighted by Crippen LogP contribution is 2.18. The van der Waals surface area contributed by atoms with Crippen LogP contribution in [-0.4, -0.2) is 31.2 Å². The van der Waals surface area contributed by atoms with Gasteiger partial charge in [0, 0.05) is 31.1 Å². The van der Waals surface area contributed by atoms with Crippen LogP contribution >= 0.6 is 0 Å². The summed E-state index contributed by atoms with van der Waals surface area (Å²) in [6.07, 6.45) is 1.62. The maximum absolute atomic E-state index is 12.3. The van der Waals surface area contributed by atoms with E-state index in [0.717, 1.165) is 18.4 Å². The molecular weight excluding hydrogens is 356 g/mol. The maximum atomic E-state index is 12.3. The lowest BCUT2D eigenvalue weighted by Crippen LogP contribution is -2.46. The molecule has 0 bridgehead atoms. The minimum absolute atomic E-state index is 0.156. The molecule has 2 aromatic carbocycles. The Morgan fingerprint density at radius 1 is 1.00 bits per heavy atom. The number of nitrogens with one attached hydrogen (secondary N) is 3. The van der Waals surface area contributed by atoms with Crippen molar-refractivity contribution >= 4 is 23.3 Å². The molecule has 1 fully saturated rings. The van der Waals surface area contributed by atoms with E-state index in [1.807, 2.05) is 48.5 Å². The summed E-state index contributed by atoms with van der Waals surface area (Å²) in [5, 5.41) is 8.44. The van der Waals surface area contributed by atoms with Crippen molar-refractivity contribution in [1.29, 1.82) is 0 Å². The molecular formula is C21H26N4O3. The third-order valence-corrected chi connectivity index (χ3v) is 4.76. The summed E-state index contributed by atoms with van der Waals surface area (Å²) in [4.78, 5) is 24.4. The second kappa shape index (κ2) is 9.87. The molecule has 0 saturated carbocycles. The Labute approximate surface area is 164 Å². The summed E-state index contributed by atoms with van der Waals surface area (Å²) in [6, 6.07) is 15.7. The molecule has 1 aliphatic heterocycles. The SMILES string of the molecule is NC(C(=O)NCc1cccc(NC(=O)Nc2ccccc2)c1)C1CCOCC1. The summed E-state index contributed by atoms with van der Waals surface area (Å²) >= 11 is 0. The monoisotopic (exact) mass is 382 g/mol. The molecule has 1 atom stereocenters. The van der Waals surface area contributed by atoms with Gasteiger partial charge in [-0.2, -0.15) is 0 Å². The summed E-state index contributed by atoms with van der Waals surface area (Å²) < 4.78 is 5.31. The van der Waals surface area contributed by atoms with Gasteiger partial charge < -0.3 is 26.4 Å². The molecule has 7 heteroatoms. The number of rotatable bonds is 6. The number of hydrogen-bond donors (Lipinski definition) is 4. The average Bonchev–Trinajstić information content (AvgIpc) is 2.73. The van der Waals surface area contributed by atoms with Gasteiger partial charge in [0.1, 0.15) is 0 Å². The largest absolute Gasteiger partial charge is 0.381 e. The first-order chi connectivity index (χ1) is 13.6. The lowest BCUT2D eigenvalue weighted by molar-refractivity contribution is -0.124. The Bertz CT molecular complexity index is 791. The van der Waals surface area contributed by atoms with Gasteiger partial charge in [0.15, 0.2) is 0 Å². The fourth-order valence-corrected chi connectivity index (χ4v) is 3.17. The summed E-state index contributed by atoms with van der Waals surface area (Å²) in [5.74, 6) is -0.00415. The number of benzene rings is 2. The molecule has 7 nitrogen and oxygen atoms in total. The molecule has 148 valence electrons. The van der Waals surface area contributed by atoms with E-state index in [1.54, 1.807) is 6.07 Å². The Hall–Kier alpha value is -2.90. The van der Waals surface area contributed by atoms with Gasteiger partial charge in [-0.1, -0.05) is 30.3 Å². The van der Waals surface area contributed by atoms with Gasteiger partial charge in [0.05, 0.1) is 6.04 Å². The highest BCUT2D eigenvalue weighted by Gasteiger charge is 2.26. The van der Waals surface area contributed by atoms with Crippen molar-refractivity contribution < 1.29 is 14.3 Å². The van der Waals surface area contributed by atoms with E-state index < -0.39 is 6.04 Å². The van der Waals surface area contributed by atoms with Gasteiger partial charge in [0.2, 0.25) is 5.91 Å². The van der Waals surface area contributed by atoms with Gasteiger partial charge in [0.25, 0.3) is 0 Å². The number of nitrogens with two attached hydrogens (primary N) is 1. The number of carbonyl (C=O) groups excluding carboxylic acids is 2. The lowest BCUT2D eigenvalue weighted by atomic mass is 9.92. The van der Waals surface area contributed by atoms with Gasteiger partial charge >= 0.3 is 6.03 Å². The molecule has 1 saturated heterocycles. The summed E-state index contributed by atoms with van der Waals surface area (Å²) in [6.45, 7) is 1.67. The van der Waals surface area contributed by atoms with Crippen molar-refractivity contribution in [1.82, 2.24) is 5.32 Å². The van der Waals surface area contributed by atoms with Crippen molar-refractivity contribution in [3.8, 4) is 0 Å². The van der Waals surface area contributed by atoms with E-state index in [0.29, 0.717) is 31.1 Å². The molecule has 1 aliphatic rings. The molecule has 3 amide bonds. The Morgan fingerprint density at radius 2 is 1.68 bits per heavy atom. The smallest absolute Gasteiger partial charge is 0.323 e. The number of para-hydroxylation sites is 1. The van der Waals surface area contributed by atoms with E-state index >= 15 is 0 Å². The van der Waals surface area contributed by atoms with Crippen molar-refractivity contribution in [2.75, 3.05) is 23.8 Å². The predicted molar refractivity (Wildman–Crippen MR) is 109 cm³/mol. The zero-order chi connectivity index (χ0) is 19.8. The number of hydrogen-bond acceptors (Lipinski definition) is 4. The molecule has 0 aromatic heterocycles. The second-order valence-corrected chi connectivity index (χ2v) is 6.84. The van der Waals surface area contributed by atoms with E-state index in [2.05, 4.69) is 16.0 Å². The number of ether oxygens (including phenoxy) is 1. The molecule has 2 aromatic rings. The van der Waals surface area contributed by atoms with Crippen LogP contribution in [0.15, 0.2) is 54.6 Å². The molecule has 1 unspecified atom stereocenters. The molecule has 0 radical (unpaired) electrons. The van der Waals surface area contributed by atoms with Crippen LogP contribution in [0.1, 0.15) is 18.4 Å². The minimum Gasteiger partial charge on any atom is -0.381 e. The van der Waals surface area contributed by atoms with Crippen LogP contribution in [0, 0.1) is 5.92 Å². The number of carbonyl (C=O) groups is 2. The van der Waals surface area contributed by atoms with Crippen LogP contribution in [0.4, 0.5) is 16.2 Å². The zero-order valence-corrected chi connectivity index (χ0v) is 15.7. The van der Waals surface area contributed by atoms with Crippen LogP contribution < -0.4 is 21.7 Å². The number of urea groups is 1. The Morgan fingerprint density at radius 3 is 2.43 bits per heavy atom. The molecule has 28 heavy (non-hydrogen) atoms. The van der Waals surface area contributed by atoms with E-state index in [1.165, 1.54) is 0 Å². The quantitative estimate of drug-likeness (QED) is 0.616. The topological polar surface area (TPSA) is 105 Å². The fraction of sp³-hybridized carbons (Fsp3) is 0.333. The van der Waals surface area contributed by atoms with Crippen molar-refractivity contribution in [2.45, 2.75) is 25.4 Å². The first-order valence-electron chi connectivity index (χ1n) is 9.45. The van der Waals surface area contributed by atoms with Crippen LogP contribution in [0.5, 0.6) is 0 Å². The average molecular weight is 382 g/mol. The Kier molecular flexibility index (Phi) is 7.00. The fourth-order valence-electron chi connectivity index (χ4n) is 3.17. The summed E-state index contributed by atoms with van der Waals surface area (Å²) in [5.41, 5.74) is 8.33. The van der Waals surface area contributed by atoms with E-state index in [4.69, 9.17) is 10.5 Å². The Balaban J connectivity index is 1.50. The van der Waals surface area contributed by atoms with Gasteiger partial charge in [-0.05, 0) is 48.6 Å². The number of amides is 3. The molecule has 1 heterocycles. The maximum Gasteiger partial charge on any atom is 0.323 e. The number of anilines is 2. The third-order valence-electron chi connectivity index (χ3n) is 4.76. The lowest BCUT2D eigenvalue weighted by Gasteiger charge is -2.26. The third kappa shape index (κ3) is 5.80. The molecule has 0 aliphatic carbocycles. The second-order valence-electron chi connectivity index (χ2n) is 6.84. The standard InChI is InChI=1S/C21H26N4O3/c22-19(16-9-11-28-12-10-16)20(26)23-14-15-5-4-8-18(13-15)25-21(27)24-17-6-2-1-3-7-17/h1-8,13,16,19H,9-12,14,22H2,(H,23,26)(H2,24,25,27). The molecule has 5 N–H and O–H groups in total. The molecule has 0 spiro atoms. The van der Waals surface area contributed by atoms with Gasteiger partial charge in [-0.15, -0.1) is 0 Å². The van der Waals surface area contributed by atoms with Crippen molar-refractivity contribution in [3.63, 3.8) is 0 Å². The van der Waals surface area contributed by atoms with E-state index in [-0.39, 0.29) is 17.9 Å². The van der Waals surface area contributed by atoms with Crippen LogP contribution in [0.25, 0.3) is 0 Å². The van der Waals surface area contributed by atoms with Crippen molar-refractivity contribution in [3.05, 3.63) is 60.2 Å². The van der Waals surface area contributed by atoms with Crippen LogP contribution in [0.2, 0.25) is 0 Å². The predicted octanol–water partition coefficient (Wildman–Crippen LogP) is 2.70. The van der Waals surface area contributed by atoms with E-state index in [9.17, 15) is 9.59 Å². The zero-order valence-electron chi connectivity index (χ0n) is 15.7. The van der Waals surface area contributed by atoms with Gasteiger partial charge in [-0.3, -0.25) is 4.79 Å². The first-order valence-corrected chi connectivity index (χ1v) is 9.45. The highest BCUT2D eigenvalue weighted by molar-refractivity contribution is 5.99. The highest BCUT2D eigenvalue weighted by atomic mass is 16.5. The normalized spacial score (nSPS) is 15.5. The van der Waals surface area contributed by atoms with Gasteiger partial charge in [-0.25, -0.2) is 4.79 Å². The summed E-state index contributed by atoms with van der Waals surface area (Å²) in [7, 11) is 0. The first kappa shape index (κ1) is 19.9. The van der Waals surface area contributed by atoms with Crippen LogP contribution in [-0.2, 0) is 16.1 Å². The minimum atomic E-state index is -0.526. The molecule has 3 rings (SSSR count). The van der Waals surface area contributed by atoms with Crippen LogP contribution in [0.3, 0.4) is 0 Å². The van der Waals surface area contributed by atoms with Crippen molar-refractivity contribution in [2.24, 2.45) is 11.7 Å².